The molecule has 1 aromatic rings. The molecule has 1 atom stereocenters. The maximum atomic E-state index is 12.2. The van der Waals surface area contributed by atoms with Gasteiger partial charge in [-0.2, -0.15) is 0 Å². The molecule has 128 valence electrons. The van der Waals surface area contributed by atoms with Gasteiger partial charge in [0, 0.05) is 0 Å². The molecule has 0 N–H and O–H groups in total. The smallest absolute Gasteiger partial charge is 0.325 e. The number of thioether (sulfide) groups is 1. The van der Waals surface area contributed by atoms with Crippen LogP contribution >= 0.6 is 11.8 Å². The Kier molecular flexibility index (Phi) is 6.03. The van der Waals surface area contributed by atoms with Crippen molar-refractivity contribution >= 4 is 35.0 Å². The standard InChI is InChI=1S/C17H19NO5S/c1-4-11(2)23-13-7-5-12(6-8-13)9-14-16(20)18(17(21)24-14)10-15(19)22-3/h5-9,11H,4,10H2,1-3H3/b14-9-. The normalized spacial score (nSPS) is 17.3. The highest BCUT2D eigenvalue weighted by Gasteiger charge is 2.36. The Labute approximate surface area is 144 Å². The monoisotopic (exact) mass is 349 g/mol. The maximum absolute atomic E-state index is 12.2. The predicted octanol–water partition coefficient (Wildman–Crippen LogP) is 3.07. The molecule has 6 nitrogen and oxygen atoms in total. The molecule has 0 saturated carbocycles. The Morgan fingerprint density at radius 3 is 2.54 bits per heavy atom. The summed E-state index contributed by atoms with van der Waals surface area (Å²) < 4.78 is 10.2. The van der Waals surface area contributed by atoms with Crippen LogP contribution in [0.2, 0.25) is 0 Å². The number of carbonyl (C=O) groups excluding carboxylic acids is 3. The molecule has 0 aliphatic carbocycles. The molecule has 0 aromatic heterocycles. The average Bonchev–Trinajstić information content (AvgIpc) is 2.83. The Morgan fingerprint density at radius 1 is 1.29 bits per heavy atom. The second-order valence-electron chi connectivity index (χ2n) is 5.25. The van der Waals surface area contributed by atoms with Crippen LogP contribution in [0.15, 0.2) is 29.2 Å². The van der Waals surface area contributed by atoms with E-state index in [1.807, 2.05) is 38.1 Å². The number of amides is 2. The molecule has 7 heteroatoms. The third-order valence-corrected chi connectivity index (χ3v) is 4.39. The molecule has 1 aliphatic heterocycles. The van der Waals surface area contributed by atoms with Crippen LogP contribution in [0.4, 0.5) is 4.79 Å². The van der Waals surface area contributed by atoms with Crippen LogP contribution in [0.25, 0.3) is 6.08 Å². The van der Waals surface area contributed by atoms with E-state index in [1.54, 1.807) is 6.08 Å². The van der Waals surface area contributed by atoms with Crippen LogP contribution in [0, 0.1) is 0 Å². The third kappa shape index (κ3) is 4.38. The third-order valence-electron chi connectivity index (χ3n) is 3.48. The Balaban J connectivity index is 2.09. The highest BCUT2D eigenvalue weighted by Crippen LogP contribution is 2.32. The molecule has 0 radical (unpaired) electrons. The van der Waals surface area contributed by atoms with Gasteiger partial charge in [-0.15, -0.1) is 0 Å². The number of imide groups is 1. The molecule has 2 amide bonds. The van der Waals surface area contributed by atoms with Crippen LogP contribution < -0.4 is 4.74 Å². The lowest BCUT2D eigenvalue weighted by Crippen LogP contribution is -2.34. The van der Waals surface area contributed by atoms with Gasteiger partial charge in [-0.05, 0) is 48.9 Å². The molecule has 1 unspecified atom stereocenters. The minimum Gasteiger partial charge on any atom is -0.491 e. The van der Waals surface area contributed by atoms with Crippen molar-refractivity contribution in [3.8, 4) is 5.75 Å². The van der Waals surface area contributed by atoms with E-state index in [4.69, 9.17) is 4.74 Å². The molecule has 0 spiro atoms. The summed E-state index contributed by atoms with van der Waals surface area (Å²) in [5.41, 5.74) is 0.773. The van der Waals surface area contributed by atoms with Crippen LogP contribution in [0.1, 0.15) is 25.8 Å². The summed E-state index contributed by atoms with van der Waals surface area (Å²) in [6.07, 6.45) is 2.66. The van der Waals surface area contributed by atoms with Gasteiger partial charge in [-0.3, -0.25) is 19.3 Å². The Morgan fingerprint density at radius 2 is 1.96 bits per heavy atom. The van der Waals surface area contributed by atoms with E-state index in [0.717, 1.165) is 34.4 Å². The van der Waals surface area contributed by atoms with Gasteiger partial charge in [0.1, 0.15) is 12.3 Å². The number of hydrogen-bond acceptors (Lipinski definition) is 6. The van der Waals surface area contributed by atoms with E-state index in [1.165, 1.54) is 7.11 Å². The first-order valence-electron chi connectivity index (χ1n) is 7.53. The van der Waals surface area contributed by atoms with E-state index < -0.39 is 17.1 Å². The summed E-state index contributed by atoms with van der Waals surface area (Å²) in [6, 6.07) is 7.26. The lowest BCUT2D eigenvalue weighted by Gasteiger charge is -2.12. The van der Waals surface area contributed by atoms with Gasteiger partial charge in [0.25, 0.3) is 11.1 Å². The molecule has 1 heterocycles. The van der Waals surface area contributed by atoms with Crippen molar-refractivity contribution in [1.82, 2.24) is 4.90 Å². The molecule has 2 rings (SSSR count). The zero-order chi connectivity index (χ0) is 17.7. The zero-order valence-corrected chi connectivity index (χ0v) is 14.6. The van der Waals surface area contributed by atoms with Gasteiger partial charge in [-0.1, -0.05) is 19.1 Å². The second-order valence-corrected chi connectivity index (χ2v) is 6.24. The van der Waals surface area contributed by atoms with E-state index in [-0.39, 0.29) is 17.6 Å². The minimum absolute atomic E-state index is 0.130. The molecule has 0 bridgehead atoms. The van der Waals surface area contributed by atoms with Gasteiger partial charge in [0.05, 0.1) is 18.1 Å². The average molecular weight is 349 g/mol. The predicted molar refractivity (Wildman–Crippen MR) is 91.5 cm³/mol. The largest absolute Gasteiger partial charge is 0.491 e. The molecule has 1 fully saturated rings. The van der Waals surface area contributed by atoms with Crippen molar-refractivity contribution in [1.29, 1.82) is 0 Å². The van der Waals surface area contributed by atoms with Crippen molar-refractivity contribution < 1.29 is 23.9 Å². The number of nitrogens with zero attached hydrogens (tertiary/aromatic N) is 1. The number of benzene rings is 1. The maximum Gasteiger partial charge on any atom is 0.325 e. The molecular formula is C17H19NO5S. The van der Waals surface area contributed by atoms with E-state index >= 15 is 0 Å². The van der Waals surface area contributed by atoms with Crippen molar-refractivity contribution in [2.45, 2.75) is 26.4 Å². The van der Waals surface area contributed by atoms with Crippen LogP contribution in [0.3, 0.4) is 0 Å². The van der Waals surface area contributed by atoms with Gasteiger partial charge in [0.2, 0.25) is 0 Å². The Hall–Kier alpha value is -2.28. The number of methoxy groups -OCH3 is 1. The number of esters is 1. The molecular weight excluding hydrogens is 330 g/mol. The van der Waals surface area contributed by atoms with E-state index in [2.05, 4.69) is 4.74 Å². The summed E-state index contributed by atoms with van der Waals surface area (Å²) >= 11 is 0.807. The van der Waals surface area contributed by atoms with Crippen molar-refractivity contribution in [3.05, 3.63) is 34.7 Å². The van der Waals surface area contributed by atoms with E-state index in [9.17, 15) is 14.4 Å². The van der Waals surface area contributed by atoms with Gasteiger partial charge < -0.3 is 9.47 Å². The highest BCUT2D eigenvalue weighted by molar-refractivity contribution is 8.18. The molecule has 1 aromatic carbocycles. The Bertz CT molecular complexity index is 668. The lowest BCUT2D eigenvalue weighted by atomic mass is 10.2. The van der Waals surface area contributed by atoms with Crippen LogP contribution in [-0.2, 0) is 14.3 Å². The van der Waals surface area contributed by atoms with Gasteiger partial charge in [-0.25, -0.2) is 0 Å². The first-order chi connectivity index (χ1) is 11.4. The zero-order valence-electron chi connectivity index (χ0n) is 13.8. The summed E-state index contributed by atoms with van der Waals surface area (Å²) in [5.74, 6) is -0.374. The van der Waals surface area contributed by atoms with Crippen molar-refractivity contribution in [3.63, 3.8) is 0 Å². The van der Waals surface area contributed by atoms with Gasteiger partial charge >= 0.3 is 5.97 Å². The van der Waals surface area contributed by atoms with Crippen LogP contribution in [-0.4, -0.2) is 41.8 Å². The van der Waals surface area contributed by atoms with E-state index in [0.29, 0.717) is 0 Å². The minimum atomic E-state index is -0.634. The summed E-state index contributed by atoms with van der Waals surface area (Å²) in [5, 5.41) is -0.478. The topological polar surface area (TPSA) is 72.9 Å². The molecule has 24 heavy (non-hydrogen) atoms. The van der Waals surface area contributed by atoms with Crippen molar-refractivity contribution in [2.75, 3.05) is 13.7 Å². The van der Waals surface area contributed by atoms with Crippen LogP contribution in [0.5, 0.6) is 5.75 Å². The number of rotatable bonds is 6. The highest BCUT2D eigenvalue weighted by atomic mass is 32.2. The summed E-state index contributed by atoms with van der Waals surface area (Å²) in [4.78, 5) is 36.5. The quantitative estimate of drug-likeness (QED) is 0.580. The summed E-state index contributed by atoms with van der Waals surface area (Å²) in [7, 11) is 1.21. The molecule has 1 aliphatic rings. The van der Waals surface area contributed by atoms with Crippen molar-refractivity contribution in [2.24, 2.45) is 0 Å². The number of hydrogen-bond donors (Lipinski definition) is 0. The fraction of sp³-hybridized carbons (Fsp3) is 0.353. The first kappa shape index (κ1) is 18.1. The second kappa shape index (κ2) is 8.01. The first-order valence-corrected chi connectivity index (χ1v) is 8.35. The van der Waals surface area contributed by atoms with Gasteiger partial charge in [0.15, 0.2) is 0 Å². The SMILES string of the molecule is CCC(C)Oc1ccc(/C=C2\SC(=O)N(CC(=O)OC)C2=O)cc1. The lowest BCUT2D eigenvalue weighted by molar-refractivity contribution is -0.143. The number of carbonyl (C=O) groups is 3. The molecule has 1 saturated heterocycles. The summed E-state index contributed by atoms with van der Waals surface area (Å²) in [6.45, 7) is 3.66. The number of ether oxygens (including phenoxy) is 2. The fourth-order valence-electron chi connectivity index (χ4n) is 1.94. The fourth-order valence-corrected chi connectivity index (χ4v) is 2.78.